The average Bonchev–Trinajstić information content (AvgIpc) is 3.34. The van der Waals surface area contributed by atoms with Gasteiger partial charge in [-0.05, 0) is 61.2 Å². The molecule has 5 rings (SSSR count). The number of nitrogens with zero attached hydrogens (tertiary/aromatic N) is 3. The monoisotopic (exact) mass is 488 g/mol. The third kappa shape index (κ3) is 4.20. The Bertz CT molecular complexity index is 1370. The van der Waals surface area contributed by atoms with E-state index in [0.29, 0.717) is 16.7 Å². The number of amides is 2. The highest BCUT2D eigenvalue weighted by atomic mass is 35.5. The van der Waals surface area contributed by atoms with Crippen molar-refractivity contribution in [2.75, 3.05) is 11.2 Å². The third-order valence-electron chi connectivity index (χ3n) is 5.69. The van der Waals surface area contributed by atoms with E-state index in [9.17, 15) is 4.79 Å². The summed E-state index contributed by atoms with van der Waals surface area (Å²) in [6, 6.07) is 24.2. The zero-order valence-corrected chi connectivity index (χ0v) is 20.1. The highest BCUT2D eigenvalue weighted by molar-refractivity contribution is 7.98. The van der Waals surface area contributed by atoms with Crippen LogP contribution in [0.4, 0.5) is 10.5 Å². The number of carbonyl (C=O) groups excluding carboxylic acids is 1. The predicted octanol–water partition coefficient (Wildman–Crippen LogP) is 6.81. The Hall–Kier alpha value is -3.55. The lowest BCUT2D eigenvalue weighted by molar-refractivity contribution is 0.244. The van der Waals surface area contributed by atoms with Gasteiger partial charge >= 0.3 is 6.03 Å². The van der Waals surface area contributed by atoms with Gasteiger partial charge in [-0.2, -0.15) is 4.98 Å². The predicted molar refractivity (Wildman–Crippen MR) is 136 cm³/mol. The van der Waals surface area contributed by atoms with E-state index in [-0.39, 0.29) is 6.03 Å². The number of halogens is 1. The van der Waals surface area contributed by atoms with E-state index in [0.717, 1.165) is 33.0 Å². The molecular weight excluding hydrogens is 468 g/mol. The first-order valence-electron chi connectivity index (χ1n) is 10.7. The summed E-state index contributed by atoms with van der Waals surface area (Å²) in [5, 5.41) is 7.96. The molecule has 1 aliphatic rings. The van der Waals surface area contributed by atoms with Crippen LogP contribution in [-0.4, -0.2) is 22.4 Å². The van der Waals surface area contributed by atoms with Gasteiger partial charge in [0.15, 0.2) is 0 Å². The quantitative estimate of drug-likeness (QED) is 0.312. The summed E-state index contributed by atoms with van der Waals surface area (Å²) >= 11 is 7.64. The Morgan fingerprint density at radius 3 is 2.53 bits per heavy atom. The number of hydrogen-bond acceptors (Lipinski definition) is 5. The van der Waals surface area contributed by atoms with E-state index < -0.39 is 6.04 Å². The number of rotatable bonds is 5. The van der Waals surface area contributed by atoms with E-state index in [1.165, 1.54) is 0 Å². The van der Waals surface area contributed by atoms with Crippen molar-refractivity contribution < 1.29 is 9.32 Å². The van der Waals surface area contributed by atoms with Gasteiger partial charge in [-0.25, -0.2) is 4.79 Å². The van der Waals surface area contributed by atoms with Crippen molar-refractivity contribution in [2.24, 2.45) is 0 Å². The number of benzene rings is 3. The molecule has 0 radical (unpaired) electrons. The smallest absolute Gasteiger partial charge is 0.326 e. The van der Waals surface area contributed by atoms with Crippen LogP contribution in [0.15, 0.2) is 94.0 Å². The van der Waals surface area contributed by atoms with Crippen LogP contribution in [-0.2, 0) is 0 Å². The van der Waals surface area contributed by atoms with Crippen LogP contribution >= 0.6 is 23.4 Å². The number of urea groups is 1. The maximum Gasteiger partial charge on any atom is 0.326 e. The van der Waals surface area contributed by atoms with Crippen LogP contribution in [0.3, 0.4) is 0 Å². The lowest BCUT2D eigenvalue weighted by Crippen LogP contribution is -2.46. The molecule has 6 nitrogen and oxygen atoms in total. The second kappa shape index (κ2) is 9.37. The molecule has 1 aliphatic heterocycles. The lowest BCUT2D eigenvalue weighted by Gasteiger charge is -2.35. The summed E-state index contributed by atoms with van der Waals surface area (Å²) in [6.07, 6.45) is 2.01. The zero-order chi connectivity index (χ0) is 23.7. The number of allylic oxidation sites excluding steroid dienone is 1. The first-order chi connectivity index (χ1) is 16.5. The summed E-state index contributed by atoms with van der Waals surface area (Å²) in [6.45, 7) is 1.90. The Balaban J connectivity index is 1.65. The number of thioether (sulfide) groups is 1. The van der Waals surface area contributed by atoms with Crippen LogP contribution in [0.5, 0.6) is 0 Å². The molecule has 2 amide bonds. The molecule has 0 aliphatic carbocycles. The molecule has 1 atom stereocenters. The molecule has 3 aromatic carbocycles. The number of anilines is 1. The lowest BCUT2D eigenvalue weighted by atomic mass is 9.94. The molecule has 170 valence electrons. The maximum atomic E-state index is 13.3. The van der Waals surface area contributed by atoms with Gasteiger partial charge < -0.3 is 9.84 Å². The summed E-state index contributed by atoms with van der Waals surface area (Å²) < 4.78 is 5.74. The van der Waals surface area contributed by atoms with Gasteiger partial charge in [-0.1, -0.05) is 53.2 Å². The van der Waals surface area contributed by atoms with E-state index >= 15 is 0 Å². The minimum Gasteiger partial charge on any atom is -0.334 e. The molecule has 0 spiro atoms. The molecule has 1 aromatic heterocycles. The Morgan fingerprint density at radius 2 is 1.79 bits per heavy atom. The topological polar surface area (TPSA) is 71.3 Å². The number of carbonyl (C=O) groups is 1. The Labute approximate surface area is 206 Å². The van der Waals surface area contributed by atoms with Gasteiger partial charge in [0.25, 0.3) is 5.89 Å². The molecule has 8 heteroatoms. The van der Waals surface area contributed by atoms with Crippen molar-refractivity contribution in [3.63, 3.8) is 0 Å². The van der Waals surface area contributed by atoms with E-state index in [1.54, 1.807) is 28.8 Å². The summed E-state index contributed by atoms with van der Waals surface area (Å²) in [5.41, 5.74) is 3.95. The molecule has 34 heavy (non-hydrogen) atoms. The zero-order valence-electron chi connectivity index (χ0n) is 18.5. The standard InChI is InChI=1S/C26H21ClN4O2S/c1-16-22(25-29-24(30-33-25)18-11-13-19(27)14-12-18)23(17-7-4-3-5-8-17)28-26(32)31(16)20-9-6-10-21(15-20)34-2/h3-15,23H,1-2H3,(H,28,32). The first kappa shape index (κ1) is 22.3. The van der Waals surface area contributed by atoms with Gasteiger partial charge in [0, 0.05) is 21.2 Å². The second-order valence-corrected chi connectivity index (χ2v) is 9.08. The number of hydrogen-bond donors (Lipinski definition) is 1. The molecule has 1 N–H and O–H groups in total. The van der Waals surface area contributed by atoms with Crippen molar-refractivity contribution in [3.8, 4) is 11.4 Å². The SMILES string of the molecule is CSc1cccc(N2C(=O)NC(c3ccccc3)C(c3nc(-c4ccc(Cl)cc4)no3)=C2C)c1. The van der Waals surface area contributed by atoms with Crippen molar-refractivity contribution >= 4 is 40.7 Å². The summed E-state index contributed by atoms with van der Waals surface area (Å²) in [5.74, 6) is 0.800. The molecule has 4 aromatic rings. The fourth-order valence-electron chi connectivity index (χ4n) is 4.03. The van der Waals surface area contributed by atoms with Crippen molar-refractivity contribution in [2.45, 2.75) is 17.9 Å². The number of nitrogens with one attached hydrogen (secondary N) is 1. The minimum atomic E-state index is -0.438. The van der Waals surface area contributed by atoms with Gasteiger partial charge in [0.2, 0.25) is 5.82 Å². The van der Waals surface area contributed by atoms with Crippen LogP contribution in [0.2, 0.25) is 5.02 Å². The largest absolute Gasteiger partial charge is 0.334 e. The number of aromatic nitrogens is 2. The van der Waals surface area contributed by atoms with Gasteiger partial charge in [0.1, 0.15) is 0 Å². The van der Waals surface area contributed by atoms with Gasteiger partial charge in [0.05, 0.1) is 17.3 Å². The summed E-state index contributed by atoms with van der Waals surface area (Å²) in [7, 11) is 0. The maximum absolute atomic E-state index is 13.3. The van der Waals surface area contributed by atoms with Gasteiger partial charge in [-0.15, -0.1) is 11.8 Å². The van der Waals surface area contributed by atoms with Crippen molar-refractivity contribution in [1.82, 2.24) is 15.5 Å². The fraction of sp³-hybridized carbons (Fsp3) is 0.115. The molecule has 0 fully saturated rings. The van der Waals surface area contributed by atoms with E-state index in [1.807, 2.05) is 79.9 Å². The molecule has 2 heterocycles. The normalized spacial score (nSPS) is 16.0. The van der Waals surface area contributed by atoms with Crippen LogP contribution in [0, 0.1) is 0 Å². The minimum absolute atomic E-state index is 0.217. The highest BCUT2D eigenvalue weighted by Gasteiger charge is 2.36. The molecule has 1 unspecified atom stereocenters. The van der Waals surface area contributed by atoms with Gasteiger partial charge in [-0.3, -0.25) is 4.90 Å². The molecule has 0 saturated heterocycles. The molecular formula is C26H21ClN4O2S. The highest BCUT2D eigenvalue weighted by Crippen LogP contribution is 2.39. The van der Waals surface area contributed by atoms with Crippen LogP contribution in [0.25, 0.3) is 17.0 Å². The Kier molecular flexibility index (Phi) is 6.13. The second-order valence-electron chi connectivity index (χ2n) is 7.76. The molecule has 0 saturated carbocycles. The van der Waals surface area contributed by atoms with Crippen molar-refractivity contribution in [1.29, 1.82) is 0 Å². The van der Waals surface area contributed by atoms with Crippen molar-refractivity contribution in [3.05, 3.63) is 101 Å². The third-order valence-corrected chi connectivity index (χ3v) is 6.67. The Morgan fingerprint density at radius 1 is 1.03 bits per heavy atom. The average molecular weight is 489 g/mol. The van der Waals surface area contributed by atoms with E-state index in [4.69, 9.17) is 16.1 Å². The van der Waals surface area contributed by atoms with Crippen LogP contribution < -0.4 is 10.2 Å². The van der Waals surface area contributed by atoms with Crippen LogP contribution in [0.1, 0.15) is 24.4 Å². The first-order valence-corrected chi connectivity index (χ1v) is 12.3. The summed E-state index contributed by atoms with van der Waals surface area (Å²) in [4.78, 5) is 20.7. The fourth-order valence-corrected chi connectivity index (χ4v) is 4.60. The van der Waals surface area contributed by atoms with E-state index in [2.05, 4.69) is 15.5 Å². The molecule has 0 bridgehead atoms.